The summed E-state index contributed by atoms with van der Waals surface area (Å²) in [7, 11) is 0. The number of nitrogens with one attached hydrogen (secondary N) is 4. The van der Waals surface area contributed by atoms with Gasteiger partial charge in [0.25, 0.3) is 11.8 Å². The standard InChI is InChI=1S/C44H62N8O7S/c1-6-13-31(36(54)41(58)47-27(2)29-14-9-7-10-15-29)48-39(56)33-22-44(52(24-28-18-19-28)34(53)25-60-44)26-51(33)42(59)37(43(3,4)5)50-40(57)35(30-16-11-8-12-17-30)49-38(55)32-23-45-20-21-46-32/h7,9-10,14-15,20-21,23,27-28,30-31,33,35-37,54H,6,8,11-13,16-19,22,24-26H2,1-5H3,(H,47,58)(H,48,56)(H,49,55)(H,50,57)/t27-,31?,33-,35-,36?,37?,44?/m0/s1. The lowest BCUT2D eigenvalue weighted by atomic mass is 9.82. The van der Waals surface area contributed by atoms with Crippen LogP contribution in [0.1, 0.15) is 121 Å². The molecular weight excluding hydrogens is 785 g/mol. The molecule has 7 atom stereocenters. The van der Waals surface area contributed by atoms with E-state index in [0.717, 1.165) is 50.5 Å². The zero-order chi connectivity index (χ0) is 43.2. The Morgan fingerprint density at radius 3 is 2.30 bits per heavy atom. The molecule has 2 aromatic rings. The number of aliphatic hydroxyl groups excluding tert-OH is 1. The molecule has 16 heteroatoms. The number of hydrogen-bond donors (Lipinski definition) is 5. The van der Waals surface area contributed by atoms with Crippen molar-refractivity contribution in [3.8, 4) is 0 Å². The third kappa shape index (κ3) is 10.7. The van der Waals surface area contributed by atoms with Gasteiger partial charge in [-0.05, 0) is 61.8 Å². The van der Waals surface area contributed by atoms with E-state index in [1.807, 2.05) is 69.9 Å². The number of thioether (sulfide) groups is 1. The van der Waals surface area contributed by atoms with Crippen molar-refractivity contribution < 1.29 is 33.9 Å². The van der Waals surface area contributed by atoms with E-state index in [2.05, 4.69) is 31.2 Å². The summed E-state index contributed by atoms with van der Waals surface area (Å²) in [5.41, 5.74) is 0.0771. The normalized spacial score (nSPS) is 23.4. The van der Waals surface area contributed by atoms with E-state index >= 15 is 4.79 Å². The predicted octanol–water partition coefficient (Wildman–Crippen LogP) is 3.49. The Balaban J connectivity index is 1.26. The van der Waals surface area contributed by atoms with Crippen LogP contribution in [0.5, 0.6) is 0 Å². The molecule has 1 aromatic heterocycles. The number of aliphatic hydroxyl groups is 1. The van der Waals surface area contributed by atoms with Crippen LogP contribution in [0.25, 0.3) is 0 Å². The molecular formula is C44H62N8O7S. The van der Waals surface area contributed by atoms with Gasteiger partial charge in [-0.25, -0.2) is 4.98 Å². The van der Waals surface area contributed by atoms with Crippen LogP contribution in [0.15, 0.2) is 48.9 Å². The van der Waals surface area contributed by atoms with Crippen molar-refractivity contribution in [1.29, 1.82) is 0 Å². The summed E-state index contributed by atoms with van der Waals surface area (Å²) in [5, 5.41) is 23.1. The average molecular weight is 847 g/mol. The zero-order valence-corrected chi connectivity index (χ0v) is 36.3. The first kappa shape index (κ1) is 45.0. The van der Waals surface area contributed by atoms with E-state index < -0.39 is 76.1 Å². The van der Waals surface area contributed by atoms with Crippen LogP contribution in [-0.2, 0) is 24.0 Å². The second-order valence-corrected chi connectivity index (χ2v) is 19.4. The van der Waals surface area contributed by atoms with E-state index in [4.69, 9.17) is 0 Å². The SMILES string of the molecule is CCCC(NC(=O)[C@@H]1CC2(CN1C(=O)C(NC(=O)[C@@H](NC(=O)c1cnccn1)C1CCCCC1)C(C)(C)C)SCC(=O)N2CC1CC1)C(O)C(=O)N[C@@H](C)c1ccccc1. The van der Waals surface area contributed by atoms with E-state index in [1.165, 1.54) is 35.3 Å². The summed E-state index contributed by atoms with van der Waals surface area (Å²) in [6.07, 6.45) is 9.88. The molecule has 4 aliphatic rings. The number of rotatable bonds is 16. The van der Waals surface area contributed by atoms with Crippen LogP contribution in [0, 0.1) is 17.3 Å². The summed E-state index contributed by atoms with van der Waals surface area (Å²) >= 11 is 1.43. The van der Waals surface area contributed by atoms with Gasteiger partial charge in [-0.15, -0.1) is 11.8 Å². The summed E-state index contributed by atoms with van der Waals surface area (Å²) in [4.78, 5) is 95.1. The molecule has 6 amide bonds. The number of nitrogens with zero attached hydrogens (tertiary/aromatic N) is 4. The number of likely N-dealkylation sites (tertiary alicyclic amines) is 1. The van der Waals surface area contributed by atoms with Crippen molar-refractivity contribution in [2.24, 2.45) is 17.3 Å². The van der Waals surface area contributed by atoms with Crippen molar-refractivity contribution in [1.82, 2.24) is 41.0 Å². The Hall–Kier alpha value is -4.57. The Morgan fingerprint density at radius 2 is 1.67 bits per heavy atom. The maximum atomic E-state index is 15.2. The van der Waals surface area contributed by atoms with Crippen molar-refractivity contribution >= 4 is 47.2 Å². The Kier molecular flexibility index (Phi) is 14.6. The highest BCUT2D eigenvalue weighted by atomic mass is 32.2. The highest BCUT2D eigenvalue weighted by Crippen LogP contribution is 2.48. The summed E-state index contributed by atoms with van der Waals surface area (Å²) in [6, 6.07) is 4.83. The van der Waals surface area contributed by atoms with Gasteiger partial charge >= 0.3 is 0 Å². The minimum atomic E-state index is -1.58. The van der Waals surface area contributed by atoms with Crippen LogP contribution < -0.4 is 21.3 Å². The molecule has 1 spiro atoms. The molecule has 2 saturated heterocycles. The highest BCUT2D eigenvalue weighted by Gasteiger charge is 2.58. The van der Waals surface area contributed by atoms with Gasteiger partial charge in [-0.3, -0.25) is 33.8 Å². The number of hydrogen-bond acceptors (Lipinski definition) is 10. The molecule has 2 aliphatic carbocycles. The first-order valence-electron chi connectivity index (χ1n) is 21.6. The summed E-state index contributed by atoms with van der Waals surface area (Å²) in [5.74, 6) is -2.38. The van der Waals surface area contributed by atoms with E-state index in [1.54, 1.807) is 0 Å². The highest BCUT2D eigenvalue weighted by molar-refractivity contribution is 8.01. The number of aromatic nitrogens is 2. The first-order chi connectivity index (χ1) is 28.6. The van der Waals surface area contributed by atoms with Crippen LogP contribution in [0.3, 0.4) is 0 Å². The summed E-state index contributed by atoms with van der Waals surface area (Å²) in [6.45, 7) is 9.80. The molecule has 3 heterocycles. The fraction of sp³-hybridized carbons (Fsp3) is 0.636. The summed E-state index contributed by atoms with van der Waals surface area (Å²) < 4.78 is 0. The van der Waals surface area contributed by atoms with Crippen molar-refractivity contribution in [3.63, 3.8) is 0 Å². The molecule has 15 nitrogen and oxygen atoms in total. The second-order valence-electron chi connectivity index (χ2n) is 18.1. The van der Waals surface area contributed by atoms with Crippen molar-refractivity contribution in [2.45, 2.75) is 140 Å². The predicted molar refractivity (Wildman–Crippen MR) is 227 cm³/mol. The topological polar surface area (TPSA) is 203 Å². The quantitative estimate of drug-likeness (QED) is 0.167. The third-order valence-corrected chi connectivity index (χ3v) is 13.9. The number of carbonyl (C=O) groups excluding carboxylic acids is 6. The second kappa shape index (κ2) is 19.4. The van der Waals surface area contributed by atoms with Gasteiger partial charge in [0.05, 0.1) is 30.6 Å². The van der Waals surface area contributed by atoms with Gasteiger partial charge in [0.15, 0.2) is 6.10 Å². The molecule has 0 radical (unpaired) electrons. The van der Waals surface area contributed by atoms with Crippen LogP contribution in [-0.4, -0.2) is 114 Å². The lowest BCUT2D eigenvalue weighted by molar-refractivity contribution is -0.145. The van der Waals surface area contributed by atoms with Gasteiger partial charge in [0, 0.05) is 25.4 Å². The molecule has 4 fully saturated rings. The van der Waals surface area contributed by atoms with Gasteiger partial charge < -0.3 is 36.2 Å². The minimum Gasteiger partial charge on any atom is -0.381 e. The monoisotopic (exact) mass is 846 g/mol. The van der Waals surface area contributed by atoms with Gasteiger partial charge in [0.1, 0.15) is 28.7 Å². The zero-order valence-electron chi connectivity index (χ0n) is 35.5. The molecule has 5 N–H and O–H groups in total. The fourth-order valence-corrected chi connectivity index (χ4v) is 10.2. The maximum absolute atomic E-state index is 15.2. The maximum Gasteiger partial charge on any atom is 0.272 e. The van der Waals surface area contributed by atoms with Gasteiger partial charge in [-0.1, -0.05) is 83.7 Å². The number of amides is 6. The van der Waals surface area contributed by atoms with Gasteiger partial charge in [0.2, 0.25) is 23.6 Å². The number of carbonyl (C=O) groups is 6. The third-order valence-electron chi connectivity index (χ3n) is 12.4. The average Bonchev–Trinajstić information content (AvgIpc) is 3.92. The van der Waals surface area contributed by atoms with Crippen molar-refractivity contribution in [2.75, 3.05) is 18.8 Å². The molecule has 2 saturated carbocycles. The lowest BCUT2D eigenvalue weighted by Gasteiger charge is -2.38. The molecule has 1 aromatic carbocycles. The Bertz CT molecular complexity index is 1860. The van der Waals surface area contributed by atoms with E-state index in [9.17, 15) is 29.1 Å². The lowest BCUT2D eigenvalue weighted by Crippen LogP contribution is -2.62. The Morgan fingerprint density at radius 1 is 0.950 bits per heavy atom. The molecule has 6 rings (SSSR count). The molecule has 326 valence electrons. The number of benzene rings is 1. The molecule has 2 aliphatic heterocycles. The van der Waals surface area contributed by atoms with Crippen LogP contribution in [0.2, 0.25) is 0 Å². The molecule has 4 unspecified atom stereocenters. The minimum absolute atomic E-state index is 0.0429. The Labute approximate surface area is 357 Å². The van der Waals surface area contributed by atoms with Crippen molar-refractivity contribution in [3.05, 3.63) is 60.2 Å². The van der Waals surface area contributed by atoms with Crippen LogP contribution in [0.4, 0.5) is 0 Å². The smallest absolute Gasteiger partial charge is 0.272 e. The van der Waals surface area contributed by atoms with E-state index in [-0.39, 0.29) is 42.7 Å². The van der Waals surface area contributed by atoms with Gasteiger partial charge in [-0.2, -0.15) is 0 Å². The van der Waals surface area contributed by atoms with Crippen LogP contribution >= 0.6 is 11.8 Å². The van der Waals surface area contributed by atoms with E-state index in [0.29, 0.717) is 18.9 Å². The largest absolute Gasteiger partial charge is 0.381 e. The fourth-order valence-electron chi connectivity index (χ4n) is 8.77. The molecule has 60 heavy (non-hydrogen) atoms. The first-order valence-corrected chi connectivity index (χ1v) is 22.6. The molecule has 0 bridgehead atoms.